The van der Waals surface area contributed by atoms with Crippen LogP contribution in [0.15, 0.2) is 35.7 Å². The van der Waals surface area contributed by atoms with E-state index in [1.807, 2.05) is 11.0 Å². The lowest BCUT2D eigenvalue weighted by Crippen LogP contribution is -2.55. The van der Waals surface area contributed by atoms with E-state index in [0.29, 0.717) is 48.8 Å². The van der Waals surface area contributed by atoms with Crippen molar-refractivity contribution < 1.29 is 23.2 Å². The third kappa shape index (κ3) is 5.51. The van der Waals surface area contributed by atoms with Gasteiger partial charge in [-0.05, 0) is 18.1 Å². The van der Waals surface area contributed by atoms with Crippen molar-refractivity contribution in [3.05, 3.63) is 42.0 Å². The molecule has 0 unspecified atom stereocenters. The highest BCUT2D eigenvalue weighted by Gasteiger charge is 2.37. The minimum atomic E-state index is -1.99. The number of hydrogen-bond donors (Lipinski definition) is 0. The molecule has 0 bridgehead atoms. The predicted molar refractivity (Wildman–Crippen MR) is 138 cm³/mol. The standard InChI is InChI=1S/C25H34FN5O4Si/c1-25(2,3)36(5,6)34-16-17-8-7-9-21(22(17)26)18-10-27-23(28-11-18)30-12-19(13-30)29-35-20-14-31(15-20)24(32)33-4/h7-11,20H,12-16H2,1-6H3. The van der Waals surface area contributed by atoms with E-state index in [2.05, 4.69) is 53.7 Å². The van der Waals surface area contributed by atoms with Crippen molar-refractivity contribution in [3.63, 3.8) is 0 Å². The van der Waals surface area contributed by atoms with Crippen LogP contribution in [-0.4, -0.2) is 74.4 Å². The molecular weight excluding hydrogens is 481 g/mol. The molecule has 0 atom stereocenters. The molecule has 1 aromatic carbocycles. The summed E-state index contributed by atoms with van der Waals surface area (Å²) < 4.78 is 26.2. The van der Waals surface area contributed by atoms with Crippen LogP contribution < -0.4 is 4.90 Å². The van der Waals surface area contributed by atoms with Crippen LogP contribution in [0.3, 0.4) is 0 Å². The van der Waals surface area contributed by atoms with E-state index in [9.17, 15) is 4.79 Å². The second kappa shape index (κ2) is 10.1. The molecule has 4 rings (SSSR count). The molecule has 9 nitrogen and oxygen atoms in total. The second-order valence-corrected chi connectivity index (χ2v) is 15.5. The van der Waals surface area contributed by atoms with Crippen LogP contribution in [0, 0.1) is 5.82 Å². The molecule has 2 aliphatic heterocycles. The lowest BCUT2D eigenvalue weighted by atomic mass is 10.1. The van der Waals surface area contributed by atoms with E-state index in [0.717, 1.165) is 5.71 Å². The summed E-state index contributed by atoms with van der Waals surface area (Å²) in [5, 5.41) is 4.22. The quantitative estimate of drug-likeness (QED) is 0.398. The summed E-state index contributed by atoms with van der Waals surface area (Å²) in [5.74, 6) is 0.251. The Morgan fingerprint density at radius 3 is 2.47 bits per heavy atom. The Morgan fingerprint density at radius 2 is 1.86 bits per heavy atom. The Kier molecular flexibility index (Phi) is 7.33. The first kappa shape index (κ1) is 26.0. The highest BCUT2D eigenvalue weighted by Crippen LogP contribution is 2.37. The van der Waals surface area contributed by atoms with Crippen LogP contribution in [-0.2, 0) is 20.6 Å². The van der Waals surface area contributed by atoms with Crippen LogP contribution in [0.4, 0.5) is 15.1 Å². The van der Waals surface area contributed by atoms with Gasteiger partial charge >= 0.3 is 6.09 Å². The van der Waals surface area contributed by atoms with Gasteiger partial charge in [0.1, 0.15) is 5.82 Å². The topological polar surface area (TPSA) is 89.4 Å². The lowest BCUT2D eigenvalue weighted by molar-refractivity contribution is -0.0456. The maximum Gasteiger partial charge on any atom is 0.409 e. The molecule has 3 heterocycles. The van der Waals surface area contributed by atoms with Gasteiger partial charge in [-0.15, -0.1) is 0 Å². The number of nitrogens with zero attached hydrogens (tertiary/aromatic N) is 5. The van der Waals surface area contributed by atoms with Crippen molar-refractivity contribution in [3.8, 4) is 11.1 Å². The Balaban J connectivity index is 1.32. The lowest BCUT2D eigenvalue weighted by Gasteiger charge is -2.37. The van der Waals surface area contributed by atoms with Gasteiger partial charge in [-0.1, -0.05) is 44.1 Å². The normalized spacial score (nSPS) is 16.4. The summed E-state index contributed by atoms with van der Waals surface area (Å²) in [5.41, 5.74) is 2.48. The van der Waals surface area contributed by atoms with Crippen LogP contribution in [0.1, 0.15) is 26.3 Å². The number of ether oxygens (including phenoxy) is 1. The highest BCUT2D eigenvalue weighted by atomic mass is 28.4. The zero-order valence-electron chi connectivity index (χ0n) is 21.7. The fourth-order valence-electron chi connectivity index (χ4n) is 3.54. The van der Waals surface area contributed by atoms with Gasteiger partial charge in [-0.25, -0.2) is 19.2 Å². The summed E-state index contributed by atoms with van der Waals surface area (Å²) in [7, 11) is -0.633. The van der Waals surface area contributed by atoms with E-state index in [1.165, 1.54) is 7.11 Å². The number of carbonyl (C=O) groups is 1. The first-order valence-corrected chi connectivity index (χ1v) is 14.9. The number of amides is 1. The number of methoxy groups -OCH3 is 1. The molecule has 0 aliphatic carbocycles. The van der Waals surface area contributed by atoms with Gasteiger partial charge in [-0.3, -0.25) is 0 Å². The molecular formula is C25H34FN5O4Si. The molecule has 194 valence electrons. The summed E-state index contributed by atoms with van der Waals surface area (Å²) in [6.45, 7) is 13.1. The Bertz CT molecular complexity index is 1120. The second-order valence-electron chi connectivity index (χ2n) is 10.7. The summed E-state index contributed by atoms with van der Waals surface area (Å²) in [6.07, 6.45) is 2.81. The van der Waals surface area contributed by atoms with Crippen molar-refractivity contribution in [2.45, 2.75) is 51.6 Å². The Hall–Kier alpha value is -3.05. The number of benzene rings is 1. The maximum absolute atomic E-state index is 15.3. The van der Waals surface area contributed by atoms with Gasteiger partial charge in [0, 0.05) is 29.1 Å². The maximum atomic E-state index is 15.3. The third-order valence-corrected chi connectivity index (χ3v) is 11.5. The van der Waals surface area contributed by atoms with Gasteiger partial charge in [0.25, 0.3) is 0 Å². The van der Waals surface area contributed by atoms with Crippen molar-refractivity contribution in [1.82, 2.24) is 14.9 Å². The summed E-state index contributed by atoms with van der Waals surface area (Å²) in [4.78, 5) is 29.2. The van der Waals surface area contributed by atoms with Crippen molar-refractivity contribution in [1.29, 1.82) is 0 Å². The van der Waals surface area contributed by atoms with Crippen LogP contribution in [0.2, 0.25) is 18.1 Å². The Labute approximate surface area is 212 Å². The number of hydrogen-bond acceptors (Lipinski definition) is 8. The van der Waals surface area contributed by atoms with E-state index < -0.39 is 8.32 Å². The van der Waals surface area contributed by atoms with Crippen molar-refractivity contribution in [2.75, 3.05) is 38.2 Å². The minimum absolute atomic E-state index is 0.0568. The molecule has 2 saturated heterocycles. The van der Waals surface area contributed by atoms with Crippen LogP contribution in [0.25, 0.3) is 11.1 Å². The largest absolute Gasteiger partial charge is 0.453 e. The molecule has 2 aromatic rings. The van der Waals surface area contributed by atoms with Gasteiger partial charge in [0.15, 0.2) is 14.4 Å². The smallest absolute Gasteiger partial charge is 0.409 e. The van der Waals surface area contributed by atoms with Gasteiger partial charge in [0.2, 0.25) is 5.95 Å². The molecule has 11 heteroatoms. The van der Waals surface area contributed by atoms with E-state index in [1.54, 1.807) is 29.4 Å². The van der Waals surface area contributed by atoms with E-state index >= 15 is 4.39 Å². The van der Waals surface area contributed by atoms with Gasteiger partial charge in [0.05, 0.1) is 45.6 Å². The average molecular weight is 516 g/mol. The van der Waals surface area contributed by atoms with Crippen LogP contribution >= 0.6 is 0 Å². The highest BCUT2D eigenvalue weighted by molar-refractivity contribution is 6.74. The SMILES string of the molecule is COC(=O)N1CC(ON=C2CN(c3ncc(-c4cccc(CO[Si](C)(C)C(C)(C)C)c4F)cn3)C2)C1. The first-order chi connectivity index (χ1) is 17.0. The molecule has 2 fully saturated rings. The molecule has 1 amide bonds. The summed E-state index contributed by atoms with van der Waals surface area (Å²) in [6, 6.07) is 5.33. The third-order valence-electron chi connectivity index (χ3n) is 7.06. The zero-order valence-corrected chi connectivity index (χ0v) is 22.7. The Morgan fingerprint density at radius 1 is 1.19 bits per heavy atom. The zero-order chi connectivity index (χ0) is 26.1. The molecule has 0 saturated carbocycles. The predicted octanol–water partition coefficient (Wildman–Crippen LogP) is 4.45. The summed E-state index contributed by atoms with van der Waals surface area (Å²) >= 11 is 0. The fourth-order valence-corrected chi connectivity index (χ4v) is 4.49. The number of oxime groups is 1. The van der Waals surface area contributed by atoms with Gasteiger partial charge in [-0.2, -0.15) is 0 Å². The number of likely N-dealkylation sites (tertiary alicyclic amines) is 1. The number of aromatic nitrogens is 2. The molecule has 0 radical (unpaired) electrons. The number of rotatable bonds is 7. The molecule has 0 spiro atoms. The molecule has 0 N–H and O–H groups in total. The first-order valence-electron chi connectivity index (χ1n) is 12.0. The van der Waals surface area contributed by atoms with Crippen LogP contribution in [0.5, 0.6) is 0 Å². The number of carbonyl (C=O) groups excluding carboxylic acids is 1. The number of halogens is 1. The fraction of sp³-hybridized carbons (Fsp3) is 0.520. The average Bonchev–Trinajstić information content (AvgIpc) is 2.77. The van der Waals surface area contributed by atoms with Crippen molar-refractivity contribution in [2.24, 2.45) is 5.16 Å². The minimum Gasteiger partial charge on any atom is -0.453 e. The molecule has 2 aliphatic rings. The van der Waals surface area contributed by atoms with Gasteiger partial charge < -0.3 is 23.8 Å². The molecule has 1 aromatic heterocycles. The number of anilines is 1. The van der Waals surface area contributed by atoms with Crippen molar-refractivity contribution >= 4 is 26.1 Å². The molecule has 36 heavy (non-hydrogen) atoms. The van der Waals surface area contributed by atoms with E-state index in [4.69, 9.17) is 9.26 Å². The van der Waals surface area contributed by atoms with E-state index in [-0.39, 0.29) is 29.7 Å². The monoisotopic (exact) mass is 515 g/mol.